The van der Waals surface area contributed by atoms with Crippen LogP contribution in [-0.4, -0.2) is 16.0 Å². The quantitative estimate of drug-likeness (QED) is 0.829. The van der Waals surface area contributed by atoms with E-state index in [1.165, 1.54) is 42.3 Å². The van der Waals surface area contributed by atoms with Crippen LogP contribution in [0.4, 0.5) is 5.82 Å². The number of fused-ring (bicyclic) bond motifs is 3. The standard InChI is InChI=1S/C14H19N3/c1-9(2)15-13-8-7-11-10-5-3-4-6-12(10)16-14(11)17-13/h7-9H,3-6H2,1-2H3,(H2,15,16,17). The van der Waals surface area contributed by atoms with Crippen LogP contribution in [0.15, 0.2) is 12.1 Å². The number of aryl methyl sites for hydroxylation is 2. The van der Waals surface area contributed by atoms with E-state index >= 15 is 0 Å². The van der Waals surface area contributed by atoms with Crippen molar-refractivity contribution in [2.75, 3.05) is 5.32 Å². The van der Waals surface area contributed by atoms with Gasteiger partial charge in [0, 0.05) is 17.1 Å². The molecule has 3 heteroatoms. The van der Waals surface area contributed by atoms with Gasteiger partial charge in [0.2, 0.25) is 0 Å². The molecule has 0 unspecified atom stereocenters. The Balaban J connectivity index is 2.05. The highest BCUT2D eigenvalue weighted by Gasteiger charge is 2.15. The van der Waals surface area contributed by atoms with Gasteiger partial charge in [0.05, 0.1) is 0 Å². The van der Waals surface area contributed by atoms with E-state index < -0.39 is 0 Å². The predicted molar refractivity (Wildman–Crippen MR) is 71.5 cm³/mol. The van der Waals surface area contributed by atoms with Crippen LogP contribution in [-0.2, 0) is 12.8 Å². The van der Waals surface area contributed by atoms with Crippen LogP contribution in [0.25, 0.3) is 11.0 Å². The van der Waals surface area contributed by atoms with Crippen molar-refractivity contribution in [1.82, 2.24) is 9.97 Å². The molecule has 0 fully saturated rings. The maximum atomic E-state index is 4.65. The Labute approximate surface area is 102 Å². The molecule has 3 nitrogen and oxygen atoms in total. The highest BCUT2D eigenvalue weighted by Crippen LogP contribution is 2.28. The summed E-state index contributed by atoms with van der Waals surface area (Å²) < 4.78 is 0. The molecule has 0 aromatic carbocycles. The number of hydrogen-bond acceptors (Lipinski definition) is 2. The molecule has 2 aromatic rings. The molecule has 0 radical (unpaired) electrons. The van der Waals surface area contributed by atoms with Crippen LogP contribution in [0.3, 0.4) is 0 Å². The molecule has 90 valence electrons. The fourth-order valence-corrected chi connectivity index (χ4v) is 2.66. The Bertz CT molecular complexity index is 540. The summed E-state index contributed by atoms with van der Waals surface area (Å²) in [6, 6.07) is 4.71. The van der Waals surface area contributed by atoms with E-state index in [0.29, 0.717) is 6.04 Å². The third kappa shape index (κ3) is 1.90. The fourth-order valence-electron chi connectivity index (χ4n) is 2.66. The van der Waals surface area contributed by atoms with Gasteiger partial charge in [-0.25, -0.2) is 4.98 Å². The monoisotopic (exact) mass is 229 g/mol. The van der Waals surface area contributed by atoms with Gasteiger partial charge in [-0.1, -0.05) is 0 Å². The predicted octanol–water partition coefficient (Wildman–Crippen LogP) is 3.26. The number of nitrogens with zero attached hydrogens (tertiary/aromatic N) is 1. The van der Waals surface area contributed by atoms with Crippen molar-refractivity contribution in [3.8, 4) is 0 Å². The highest BCUT2D eigenvalue weighted by molar-refractivity contribution is 5.83. The molecule has 1 aliphatic carbocycles. The number of rotatable bonds is 2. The molecule has 3 rings (SSSR count). The molecular weight excluding hydrogens is 210 g/mol. The molecule has 0 amide bonds. The molecule has 2 N–H and O–H groups in total. The van der Waals surface area contributed by atoms with Crippen molar-refractivity contribution < 1.29 is 0 Å². The van der Waals surface area contributed by atoms with Gasteiger partial charge in [0.25, 0.3) is 0 Å². The lowest BCUT2D eigenvalue weighted by molar-refractivity contribution is 0.680. The number of nitrogens with one attached hydrogen (secondary N) is 2. The average molecular weight is 229 g/mol. The van der Waals surface area contributed by atoms with Gasteiger partial charge >= 0.3 is 0 Å². The minimum Gasteiger partial charge on any atom is -0.368 e. The van der Waals surface area contributed by atoms with E-state index in [1.54, 1.807) is 0 Å². The van der Waals surface area contributed by atoms with Crippen molar-refractivity contribution in [2.24, 2.45) is 0 Å². The van der Waals surface area contributed by atoms with Gasteiger partial charge < -0.3 is 10.3 Å². The maximum Gasteiger partial charge on any atom is 0.140 e. The van der Waals surface area contributed by atoms with Crippen molar-refractivity contribution in [1.29, 1.82) is 0 Å². The van der Waals surface area contributed by atoms with E-state index in [-0.39, 0.29) is 0 Å². The third-order valence-electron chi connectivity index (χ3n) is 3.39. The van der Waals surface area contributed by atoms with Gasteiger partial charge in [-0.3, -0.25) is 0 Å². The van der Waals surface area contributed by atoms with Crippen LogP contribution in [0.1, 0.15) is 37.9 Å². The van der Waals surface area contributed by atoms with Gasteiger partial charge in [-0.05, 0) is 57.2 Å². The smallest absolute Gasteiger partial charge is 0.140 e. The summed E-state index contributed by atoms with van der Waals surface area (Å²) in [6.07, 6.45) is 5.00. The summed E-state index contributed by atoms with van der Waals surface area (Å²) in [6.45, 7) is 4.26. The Hall–Kier alpha value is -1.51. The van der Waals surface area contributed by atoms with Crippen molar-refractivity contribution in [3.05, 3.63) is 23.4 Å². The lowest BCUT2D eigenvalue weighted by atomic mass is 9.96. The Morgan fingerprint density at radius 3 is 2.88 bits per heavy atom. The molecule has 2 heterocycles. The lowest BCUT2D eigenvalue weighted by Gasteiger charge is -2.10. The summed E-state index contributed by atoms with van der Waals surface area (Å²) in [7, 11) is 0. The first kappa shape index (κ1) is 10.6. The Kier molecular flexibility index (Phi) is 2.54. The highest BCUT2D eigenvalue weighted by atomic mass is 15.0. The SMILES string of the molecule is CC(C)Nc1ccc2c3c([nH]c2n1)CCCC3. The topological polar surface area (TPSA) is 40.7 Å². The average Bonchev–Trinajstić information content (AvgIpc) is 2.65. The number of aromatic amines is 1. The number of H-pyrrole nitrogens is 1. The number of aromatic nitrogens is 2. The van der Waals surface area contributed by atoms with Crippen LogP contribution < -0.4 is 5.32 Å². The first-order valence-electron chi connectivity index (χ1n) is 6.51. The summed E-state index contributed by atoms with van der Waals surface area (Å²) in [5.41, 5.74) is 3.94. The Morgan fingerprint density at radius 1 is 1.24 bits per heavy atom. The molecule has 0 aliphatic heterocycles. The summed E-state index contributed by atoms with van der Waals surface area (Å²) in [4.78, 5) is 8.13. The molecule has 2 aromatic heterocycles. The van der Waals surface area contributed by atoms with E-state index in [9.17, 15) is 0 Å². The zero-order valence-corrected chi connectivity index (χ0v) is 10.5. The second-order valence-corrected chi connectivity index (χ2v) is 5.18. The molecule has 0 saturated carbocycles. The van der Waals surface area contributed by atoms with Crippen molar-refractivity contribution in [3.63, 3.8) is 0 Å². The summed E-state index contributed by atoms with van der Waals surface area (Å²) in [5, 5.41) is 4.66. The lowest BCUT2D eigenvalue weighted by Crippen LogP contribution is -2.10. The van der Waals surface area contributed by atoms with E-state index in [1.807, 2.05) is 0 Å². The van der Waals surface area contributed by atoms with Gasteiger partial charge in [-0.2, -0.15) is 0 Å². The van der Waals surface area contributed by atoms with Crippen molar-refractivity contribution in [2.45, 2.75) is 45.6 Å². The minimum absolute atomic E-state index is 0.421. The van der Waals surface area contributed by atoms with Gasteiger partial charge in [0.1, 0.15) is 11.5 Å². The number of hydrogen-bond donors (Lipinski definition) is 2. The van der Waals surface area contributed by atoms with Gasteiger partial charge in [0.15, 0.2) is 0 Å². The third-order valence-corrected chi connectivity index (χ3v) is 3.39. The maximum absolute atomic E-state index is 4.65. The first-order chi connectivity index (χ1) is 8.24. The van der Waals surface area contributed by atoms with Crippen LogP contribution in [0.2, 0.25) is 0 Å². The minimum atomic E-state index is 0.421. The summed E-state index contributed by atoms with van der Waals surface area (Å²) >= 11 is 0. The largest absolute Gasteiger partial charge is 0.368 e. The van der Waals surface area contributed by atoms with E-state index in [4.69, 9.17) is 0 Å². The zero-order valence-electron chi connectivity index (χ0n) is 10.5. The van der Waals surface area contributed by atoms with Crippen LogP contribution in [0, 0.1) is 0 Å². The second-order valence-electron chi connectivity index (χ2n) is 5.18. The molecule has 0 spiro atoms. The first-order valence-corrected chi connectivity index (χ1v) is 6.51. The molecule has 0 saturated heterocycles. The van der Waals surface area contributed by atoms with Crippen LogP contribution >= 0.6 is 0 Å². The molecule has 0 atom stereocenters. The molecular formula is C14H19N3. The normalized spacial score (nSPS) is 15.2. The number of pyridine rings is 1. The van der Waals surface area contributed by atoms with E-state index in [2.05, 4.69) is 41.3 Å². The van der Waals surface area contributed by atoms with Gasteiger partial charge in [-0.15, -0.1) is 0 Å². The molecule has 1 aliphatic rings. The fraction of sp³-hybridized carbons (Fsp3) is 0.500. The second kappa shape index (κ2) is 4.06. The summed E-state index contributed by atoms with van der Waals surface area (Å²) in [5.74, 6) is 0.964. The van der Waals surface area contributed by atoms with E-state index in [0.717, 1.165) is 11.5 Å². The molecule has 0 bridgehead atoms. The molecule has 17 heavy (non-hydrogen) atoms. The van der Waals surface area contributed by atoms with Crippen molar-refractivity contribution >= 4 is 16.9 Å². The Morgan fingerprint density at radius 2 is 2.06 bits per heavy atom. The zero-order chi connectivity index (χ0) is 11.8. The number of anilines is 1. The van der Waals surface area contributed by atoms with Crippen LogP contribution in [0.5, 0.6) is 0 Å².